The lowest BCUT2D eigenvalue weighted by molar-refractivity contribution is 1.42. The van der Waals surface area contributed by atoms with Crippen LogP contribution in [0.25, 0.3) is 0 Å². The molecule has 0 heterocycles. The van der Waals surface area contributed by atoms with Crippen LogP contribution in [0.3, 0.4) is 0 Å². The first-order chi connectivity index (χ1) is 3.50. The lowest BCUT2D eigenvalue weighted by Gasteiger charge is -1.64. The third-order valence-corrected chi connectivity index (χ3v) is 0.747. The first-order valence-electron chi connectivity index (χ1n) is 2.30. The molecule has 7 heavy (non-hydrogen) atoms. The molecule has 0 heteroatoms. The maximum atomic E-state index is 2.95. The lowest BCUT2D eigenvalue weighted by Crippen LogP contribution is -1.45. The number of rotatable bonds is 0. The predicted molar refractivity (Wildman–Crippen MR) is 29.9 cm³/mol. The molecule has 0 saturated carbocycles. The van der Waals surface area contributed by atoms with E-state index in [-0.39, 0.29) is 0 Å². The average Bonchev–Trinajstić information content (AvgIpc) is 1.90. The summed E-state index contributed by atoms with van der Waals surface area (Å²) in [7, 11) is 0. The summed E-state index contributed by atoms with van der Waals surface area (Å²) >= 11 is 0. The highest BCUT2D eigenvalue weighted by atomic mass is 13.7. The Kier molecular flexibility index (Phi) is 1.35. The van der Waals surface area contributed by atoms with Crippen LogP contribution in [0.15, 0.2) is 35.8 Å². The molecule has 0 amide bonds. The molecule has 1 aliphatic rings. The van der Waals surface area contributed by atoms with Crippen LogP contribution in [-0.2, 0) is 0 Å². The lowest BCUT2D eigenvalue weighted by atomic mass is 10.4. The van der Waals surface area contributed by atoms with E-state index in [0.717, 1.165) is 6.42 Å². The highest BCUT2D eigenvalue weighted by molar-refractivity contribution is 5.07. The Bertz CT molecular complexity index is 140. The monoisotopic (exact) mass is 90.0 g/mol. The zero-order valence-electron chi connectivity index (χ0n) is 4.02. The van der Waals surface area contributed by atoms with Crippen molar-refractivity contribution in [1.29, 1.82) is 0 Å². The van der Waals surface area contributed by atoms with Gasteiger partial charge in [0.2, 0.25) is 0 Å². The summed E-state index contributed by atoms with van der Waals surface area (Å²) in [6.45, 7) is 0. The van der Waals surface area contributed by atoms with Crippen LogP contribution < -0.4 is 0 Å². The summed E-state index contributed by atoms with van der Waals surface area (Å²) in [5.41, 5.74) is 5.90. The maximum absolute atomic E-state index is 2.95. The predicted octanol–water partition coefficient (Wildman–Crippen LogP) is 1.81. The minimum absolute atomic E-state index is 0.965. The van der Waals surface area contributed by atoms with E-state index in [1.54, 1.807) is 0 Å². The van der Waals surface area contributed by atoms with Crippen LogP contribution in [0.4, 0.5) is 0 Å². The van der Waals surface area contributed by atoms with Crippen molar-refractivity contribution in [2.24, 2.45) is 0 Å². The highest BCUT2D eigenvalue weighted by Crippen LogP contribution is 1.85. The van der Waals surface area contributed by atoms with E-state index in [9.17, 15) is 0 Å². The number of allylic oxidation sites excluding steroid dienone is 2. The summed E-state index contributed by atoms with van der Waals surface area (Å²) in [5, 5.41) is 0. The van der Waals surface area contributed by atoms with E-state index in [1.807, 2.05) is 24.3 Å². The fraction of sp³-hybridized carbons (Fsp3) is 0.143. The van der Waals surface area contributed by atoms with E-state index in [2.05, 4.69) is 11.5 Å². The maximum Gasteiger partial charge on any atom is -0.00167 e. The van der Waals surface area contributed by atoms with Crippen LogP contribution in [-0.4, -0.2) is 0 Å². The van der Waals surface area contributed by atoms with Gasteiger partial charge in [0, 0.05) is 0 Å². The fourth-order valence-electron chi connectivity index (χ4n) is 0.427. The standard InChI is InChI=1S/C7H6/c1-2-4-6-7-5-3-1/h1-2,5-6H,7H2. The van der Waals surface area contributed by atoms with E-state index >= 15 is 0 Å². The normalized spacial score (nSPS) is 14.9. The van der Waals surface area contributed by atoms with Gasteiger partial charge < -0.3 is 0 Å². The van der Waals surface area contributed by atoms with Crippen molar-refractivity contribution in [3.63, 3.8) is 0 Å². The quantitative estimate of drug-likeness (QED) is 0.398. The molecule has 0 bridgehead atoms. The fourth-order valence-corrected chi connectivity index (χ4v) is 0.427. The van der Waals surface area contributed by atoms with Gasteiger partial charge in [-0.05, 0) is 30.7 Å². The molecule has 0 nitrogen and oxygen atoms in total. The van der Waals surface area contributed by atoms with Gasteiger partial charge in [0.15, 0.2) is 0 Å². The molecular weight excluding hydrogens is 84.1 g/mol. The SMILES string of the molecule is C1=CC=C=CCC=1. The van der Waals surface area contributed by atoms with Crippen molar-refractivity contribution in [3.05, 3.63) is 35.8 Å². The smallest absolute Gasteiger partial charge is 0.00167 e. The molecule has 0 spiro atoms. The van der Waals surface area contributed by atoms with Gasteiger partial charge in [-0.15, -0.1) is 11.5 Å². The van der Waals surface area contributed by atoms with Crippen molar-refractivity contribution in [2.75, 3.05) is 0 Å². The molecule has 0 aromatic rings. The highest BCUT2D eigenvalue weighted by Gasteiger charge is 1.66. The molecule has 1 rings (SSSR count). The molecular formula is C7H6. The molecule has 1 aliphatic carbocycles. The Hall–Kier alpha value is -0.960. The molecule has 0 N–H and O–H groups in total. The second kappa shape index (κ2) is 2.25. The molecule has 0 aliphatic heterocycles. The van der Waals surface area contributed by atoms with Gasteiger partial charge in [-0.1, -0.05) is 0 Å². The van der Waals surface area contributed by atoms with Gasteiger partial charge in [-0.3, -0.25) is 0 Å². The molecule has 0 unspecified atom stereocenters. The zero-order valence-corrected chi connectivity index (χ0v) is 4.02. The number of hydrogen-bond acceptors (Lipinski definition) is 0. The van der Waals surface area contributed by atoms with Crippen LogP contribution in [0, 0.1) is 0 Å². The van der Waals surface area contributed by atoms with Crippen molar-refractivity contribution in [1.82, 2.24) is 0 Å². The van der Waals surface area contributed by atoms with E-state index in [4.69, 9.17) is 0 Å². The first-order valence-corrected chi connectivity index (χ1v) is 2.30. The Morgan fingerprint density at radius 1 is 1.00 bits per heavy atom. The molecule has 34 valence electrons. The van der Waals surface area contributed by atoms with Gasteiger partial charge >= 0.3 is 0 Å². The Balaban J connectivity index is 2.86. The van der Waals surface area contributed by atoms with Crippen molar-refractivity contribution in [3.8, 4) is 0 Å². The first kappa shape index (κ1) is 4.21. The third-order valence-electron chi connectivity index (χ3n) is 0.747. The topological polar surface area (TPSA) is 0 Å². The van der Waals surface area contributed by atoms with Crippen molar-refractivity contribution in [2.45, 2.75) is 6.42 Å². The third kappa shape index (κ3) is 1.28. The number of hydrogen-bond donors (Lipinski definition) is 0. The van der Waals surface area contributed by atoms with Crippen LogP contribution in [0.1, 0.15) is 6.42 Å². The van der Waals surface area contributed by atoms with Crippen molar-refractivity contribution >= 4 is 0 Å². The molecule has 0 aromatic carbocycles. The zero-order chi connectivity index (χ0) is 4.95. The second-order valence-corrected chi connectivity index (χ2v) is 1.31. The molecule has 0 fully saturated rings. The Morgan fingerprint density at radius 3 is 2.14 bits per heavy atom. The summed E-state index contributed by atoms with van der Waals surface area (Å²) in [4.78, 5) is 0. The molecule has 0 aromatic heterocycles. The summed E-state index contributed by atoms with van der Waals surface area (Å²) in [5.74, 6) is 0. The van der Waals surface area contributed by atoms with E-state index < -0.39 is 0 Å². The summed E-state index contributed by atoms with van der Waals surface area (Å²) in [6, 6.07) is 0. The summed E-state index contributed by atoms with van der Waals surface area (Å²) in [6.07, 6.45) is 8.60. The van der Waals surface area contributed by atoms with E-state index in [0.29, 0.717) is 0 Å². The second-order valence-electron chi connectivity index (χ2n) is 1.31. The van der Waals surface area contributed by atoms with Gasteiger partial charge in [-0.25, -0.2) is 0 Å². The Morgan fingerprint density at radius 2 is 1.57 bits per heavy atom. The van der Waals surface area contributed by atoms with Crippen LogP contribution >= 0.6 is 0 Å². The van der Waals surface area contributed by atoms with E-state index in [1.165, 1.54) is 0 Å². The molecule has 0 radical (unpaired) electrons. The van der Waals surface area contributed by atoms with Gasteiger partial charge in [-0.2, -0.15) is 0 Å². The average molecular weight is 90.1 g/mol. The minimum atomic E-state index is 0.965. The summed E-state index contributed by atoms with van der Waals surface area (Å²) < 4.78 is 0. The minimum Gasteiger partial charge on any atom is -0.124 e. The molecule has 0 saturated heterocycles. The molecule has 0 atom stereocenters. The largest absolute Gasteiger partial charge is 0.124 e. The van der Waals surface area contributed by atoms with Gasteiger partial charge in [0.25, 0.3) is 0 Å². The Labute approximate surface area is 43.2 Å². The van der Waals surface area contributed by atoms with Crippen molar-refractivity contribution < 1.29 is 0 Å². The van der Waals surface area contributed by atoms with Crippen LogP contribution in [0.5, 0.6) is 0 Å². The van der Waals surface area contributed by atoms with Gasteiger partial charge in [0.05, 0.1) is 0 Å². The van der Waals surface area contributed by atoms with Gasteiger partial charge in [0.1, 0.15) is 0 Å². The van der Waals surface area contributed by atoms with Crippen LogP contribution in [0.2, 0.25) is 0 Å².